The van der Waals surface area contributed by atoms with Crippen molar-refractivity contribution in [2.45, 2.75) is 25.7 Å². The normalized spacial score (nSPS) is 16.9. The lowest BCUT2D eigenvalue weighted by atomic mass is 9.81. The first-order valence-corrected chi connectivity index (χ1v) is 7.63. The molecule has 1 aromatic carbocycles. The molecule has 3 rings (SSSR count). The predicted octanol–water partition coefficient (Wildman–Crippen LogP) is 3.90. The van der Waals surface area contributed by atoms with Gasteiger partial charge in [0.15, 0.2) is 5.82 Å². The van der Waals surface area contributed by atoms with Crippen LogP contribution < -0.4 is 5.32 Å². The summed E-state index contributed by atoms with van der Waals surface area (Å²) < 4.78 is 14.4. The fraction of sp³-hybridized carbons (Fsp3) is 0.250. The van der Waals surface area contributed by atoms with Gasteiger partial charge in [-0.1, -0.05) is 31.0 Å². The van der Waals surface area contributed by atoms with E-state index in [9.17, 15) is 14.3 Å². The van der Waals surface area contributed by atoms with E-state index in [1.807, 2.05) is 6.92 Å². The van der Waals surface area contributed by atoms with Crippen molar-refractivity contribution in [1.29, 1.82) is 0 Å². The number of aliphatic carboxylic acids is 1. The summed E-state index contributed by atoms with van der Waals surface area (Å²) in [4.78, 5) is 11.9. The molecule has 0 amide bonds. The first-order valence-electron chi connectivity index (χ1n) is 7.25. The number of hydrogen-bond donors (Lipinski definition) is 3. The number of carbonyl (C=O) groups is 1. The molecule has 7 heteroatoms. The number of aromatic amines is 1. The van der Waals surface area contributed by atoms with E-state index in [1.165, 1.54) is 12.1 Å². The van der Waals surface area contributed by atoms with Gasteiger partial charge in [0.25, 0.3) is 0 Å². The van der Waals surface area contributed by atoms with Crippen molar-refractivity contribution in [1.82, 2.24) is 10.2 Å². The number of nitrogens with zero attached hydrogens (tertiary/aromatic N) is 1. The molecule has 2 heterocycles. The molecule has 0 spiro atoms. The van der Waals surface area contributed by atoms with Crippen LogP contribution in [-0.4, -0.2) is 21.3 Å². The molecule has 0 saturated heterocycles. The summed E-state index contributed by atoms with van der Waals surface area (Å²) in [7, 11) is 0. The van der Waals surface area contributed by atoms with Crippen LogP contribution in [0.3, 0.4) is 0 Å². The number of carboxylic acids is 1. The smallest absolute Gasteiger partial charge is 0.334 e. The first kappa shape index (κ1) is 15.6. The van der Waals surface area contributed by atoms with Gasteiger partial charge in [-0.05, 0) is 18.6 Å². The van der Waals surface area contributed by atoms with Crippen LogP contribution >= 0.6 is 11.6 Å². The van der Waals surface area contributed by atoms with E-state index in [-0.39, 0.29) is 16.2 Å². The number of halogens is 2. The van der Waals surface area contributed by atoms with Gasteiger partial charge in [0, 0.05) is 28.0 Å². The minimum absolute atomic E-state index is 0.104. The zero-order chi connectivity index (χ0) is 16.6. The van der Waals surface area contributed by atoms with Gasteiger partial charge in [-0.15, -0.1) is 0 Å². The number of anilines is 1. The van der Waals surface area contributed by atoms with E-state index in [0.717, 1.165) is 6.42 Å². The molecule has 0 radical (unpaired) electrons. The van der Waals surface area contributed by atoms with E-state index in [1.54, 1.807) is 12.3 Å². The van der Waals surface area contributed by atoms with Crippen molar-refractivity contribution in [2.75, 3.05) is 5.32 Å². The molecule has 0 aliphatic carbocycles. The summed E-state index contributed by atoms with van der Waals surface area (Å²) in [5.41, 5.74) is 1.36. The van der Waals surface area contributed by atoms with Crippen molar-refractivity contribution >= 4 is 23.4 Å². The third-order valence-corrected chi connectivity index (χ3v) is 4.21. The molecular formula is C16H15ClFN3O2. The standard InChI is InChI=1S/C16H15ClFN3O2/c1-2-4-11-14(16(22)23)12(8-7-19-21-15(8)20-11)13-9(17)5-3-6-10(13)18/h3,5-7,12H,2,4H2,1H3,(H,22,23)(H2,19,20,21). The first-order chi connectivity index (χ1) is 11.0. The van der Waals surface area contributed by atoms with Gasteiger partial charge in [0.2, 0.25) is 0 Å². The van der Waals surface area contributed by atoms with Crippen LogP contribution in [0.1, 0.15) is 36.8 Å². The summed E-state index contributed by atoms with van der Waals surface area (Å²) in [6.07, 6.45) is 2.84. The van der Waals surface area contributed by atoms with Gasteiger partial charge in [0.1, 0.15) is 5.82 Å². The maximum atomic E-state index is 14.4. The largest absolute Gasteiger partial charge is 0.478 e. The molecule has 0 fully saturated rings. The molecule has 120 valence electrons. The van der Waals surface area contributed by atoms with E-state index < -0.39 is 17.7 Å². The van der Waals surface area contributed by atoms with E-state index in [0.29, 0.717) is 23.5 Å². The Morgan fingerprint density at radius 3 is 2.91 bits per heavy atom. The predicted molar refractivity (Wildman–Crippen MR) is 85.0 cm³/mol. The highest BCUT2D eigenvalue weighted by Crippen LogP contribution is 2.44. The number of allylic oxidation sites excluding steroid dienone is 1. The van der Waals surface area contributed by atoms with Crippen LogP contribution in [0, 0.1) is 5.82 Å². The average Bonchev–Trinajstić information content (AvgIpc) is 2.94. The Kier molecular flexibility index (Phi) is 4.09. The number of nitrogens with one attached hydrogen (secondary N) is 2. The Balaban J connectivity index is 2.28. The quantitative estimate of drug-likeness (QED) is 0.792. The second-order valence-electron chi connectivity index (χ2n) is 5.33. The van der Waals surface area contributed by atoms with Crippen LogP contribution in [0.2, 0.25) is 5.02 Å². The van der Waals surface area contributed by atoms with E-state index in [4.69, 9.17) is 11.6 Å². The SMILES string of the molecule is CCCC1=C(C(=O)O)C(c2c(F)cccc2Cl)c2c[nH]nc2N1. The lowest BCUT2D eigenvalue weighted by molar-refractivity contribution is -0.133. The molecule has 1 atom stereocenters. The molecule has 1 aromatic heterocycles. The van der Waals surface area contributed by atoms with Crippen LogP contribution in [0.4, 0.5) is 10.2 Å². The molecule has 23 heavy (non-hydrogen) atoms. The summed E-state index contributed by atoms with van der Waals surface area (Å²) >= 11 is 6.18. The zero-order valence-electron chi connectivity index (χ0n) is 12.4. The number of rotatable bonds is 4. The molecule has 1 aliphatic heterocycles. The van der Waals surface area contributed by atoms with Crippen molar-refractivity contribution in [3.05, 3.63) is 57.6 Å². The number of carboxylic acid groups (broad SMARTS) is 1. The van der Waals surface area contributed by atoms with Gasteiger partial charge in [-0.25, -0.2) is 9.18 Å². The van der Waals surface area contributed by atoms with Crippen molar-refractivity contribution in [2.24, 2.45) is 0 Å². The van der Waals surface area contributed by atoms with Crippen molar-refractivity contribution in [3.63, 3.8) is 0 Å². The zero-order valence-corrected chi connectivity index (χ0v) is 13.1. The second-order valence-corrected chi connectivity index (χ2v) is 5.74. The monoisotopic (exact) mass is 335 g/mol. The number of fused-ring (bicyclic) bond motifs is 1. The van der Waals surface area contributed by atoms with Gasteiger partial charge in [0.05, 0.1) is 11.5 Å². The van der Waals surface area contributed by atoms with Crippen LogP contribution in [0.5, 0.6) is 0 Å². The summed E-state index contributed by atoms with van der Waals surface area (Å²) in [5.74, 6) is -1.94. The summed E-state index contributed by atoms with van der Waals surface area (Å²) in [6.45, 7) is 1.94. The van der Waals surface area contributed by atoms with Gasteiger partial charge >= 0.3 is 5.97 Å². The van der Waals surface area contributed by atoms with E-state index in [2.05, 4.69) is 15.5 Å². The van der Waals surface area contributed by atoms with Crippen molar-refractivity contribution < 1.29 is 14.3 Å². The molecule has 5 nitrogen and oxygen atoms in total. The highest BCUT2D eigenvalue weighted by Gasteiger charge is 2.37. The van der Waals surface area contributed by atoms with Gasteiger partial charge < -0.3 is 10.4 Å². The maximum Gasteiger partial charge on any atom is 0.334 e. The Labute approximate surface area is 137 Å². The topological polar surface area (TPSA) is 78.0 Å². The summed E-state index contributed by atoms with van der Waals surface area (Å²) in [5, 5.41) is 19.7. The minimum Gasteiger partial charge on any atom is -0.478 e. The highest BCUT2D eigenvalue weighted by molar-refractivity contribution is 6.31. The Morgan fingerprint density at radius 1 is 1.48 bits per heavy atom. The second kappa shape index (κ2) is 6.04. The lowest BCUT2D eigenvalue weighted by Gasteiger charge is -2.28. The van der Waals surface area contributed by atoms with Crippen LogP contribution in [-0.2, 0) is 4.79 Å². The van der Waals surface area contributed by atoms with E-state index >= 15 is 0 Å². The maximum absolute atomic E-state index is 14.4. The Bertz CT molecular complexity index is 780. The average molecular weight is 336 g/mol. The molecule has 0 saturated carbocycles. The molecule has 0 bridgehead atoms. The molecule has 1 aliphatic rings. The van der Waals surface area contributed by atoms with Crippen LogP contribution in [0.25, 0.3) is 0 Å². The molecule has 2 aromatic rings. The fourth-order valence-electron chi connectivity index (χ4n) is 2.95. The molecular weight excluding hydrogens is 321 g/mol. The molecule has 1 unspecified atom stereocenters. The van der Waals surface area contributed by atoms with Crippen LogP contribution in [0.15, 0.2) is 35.7 Å². The Hall–Kier alpha value is -2.34. The summed E-state index contributed by atoms with van der Waals surface area (Å²) in [6, 6.07) is 4.33. The highest BCUT2D eigenvalue weighted by atomic mass is 35.5. The van der Waals surface area contributed by atoms with Crippen molar-refractivity contribution in [3.8, 4) is 0 Å². The number of hydrogen-bond acceptors (Lipinski definition) is 3. The number of H-pyrrole nitrogens is 1. The lowest BCUT2D eigenvalue weighted by Crippen LogP contribution is -2.24. The number of aromatic nitrogens is 2. The third kappa shape index (κ3) is 2.59. The minimum atomic E-state index is -1.10. The fourth-order valence-corrected chi connectivity index (χ4v) is 3.22. The Morgan fingerprint density at radius 2 is 2.26 bits per heavy atom. The van der Waals surface area contributed by atoms with Gasteiger partial charge in [-0.3, -0.25) is 5.10 Å². The van der Waals surface area contributed by atoms with Gasteiger partial charge in [-0.2, -0.15) is 5.10 Å². The number of benzene rings is 1. The molecule has 3 N–H and O–H groups in total. The third-order valence-electron chi connectivity index (χ3n) is 3.88.